The SMILES string of the molecule is CCCC(=O)N(Cc1ccccc1)[C@@H]1CC(C(=O)NCCO)=C[C@H](Oc2c(I)cc(CO)cc2OC)[C@H]1O. The molecule has 9 nitrogen and oxygen atoms in total. The minimum absolute atomic E-state index is 0.0752. The lowest BCUT2D eigenvalue weighted by atomic mass is 9.87. The fourth-order valence-electron chi connectivity index (χ4n) is 4.42. The number of nitrogens with one attached hydrogen (secondary N) is 1. The Morgan fingerprint density at radius 1 is 1.16 bits per heavy atom. The summed E-state index contributed by atoms with van der Waals surface area (Å²) in [6.07, 6.45) is 0.503. The number of halogens is 1. The number of benzene rings is 2. The van der Waals surface area contributed by atoms with Crippen molar-refractivity contribution in [2.24, 2.45) is 0 Å². The summed E-state index contributed by atoms with van der Waals surface area (Å²) in [5.41, 5.74) is 1.89. The van der Waals surface area contributed by atoms with Crippen LogP contribution in [0.15, 0.2) is 54.1 Å². The quantitative estimate of drug-likeness (QED) is 0.263. The Morgan fingerprint density at radius 2 is 1.89 bits per heavy atom. The smallest absolute Gasteiger partial charge is 0.247 e. The Hall–Kier alpha value is -2.67. The second-order valence-corrected chi connectivity index (χ2v) is 10.2. The van der Waals surface area contributed by atoms with Gasteiger partial charge in [-0.1, -0.05) is 37.3 Å². The predicted octanol–water partition coefficient (Wildman–Crippen LogP) is 2.54. The lowest BCUT2D eigenvalue weighted by molar-refractivity contribution is -0.139. The van der Waals surface area contributed by atoms with Gasteiger partial charge in [-0.2, -0.15) is 0 Å². The highest BCUT2D eigenvalue weighted by Crippen LogP contribution is 2.37. The molecule has 0 spiro atoms. The molecule has 3 rings (SSSR count). The molecule has 1 aliphatic carbocycles. The molecule has 2 amide bonds. The number of hydrogen-bond donors (Lipinski definition) is 4. The molecule has 0 fully saturated rings. The van der Waals surface area contributed by atoms with Gasteiger partial charge in [-0.15, -0.1) is 0 Å². The standard InChI is InChI=1S/C28H35IN2O7/c1-3-7-25(34)31(16-18-8-5-4-6-9-18)22-14-20(28(36)30-10-11-32)15-23(26(22)35)38-27-21(29)12-19(17-33)13-24(27)37-2/h4-6,8-9,12-13,15,22-23,26,32-33,35H,3,7,10-11,14,16-17H2,1-2H3,(H,30,36)/t22-,23+,26+/m1/s1. The molecule has 2 aromatic carbocycles. The van der Waals surface area contributed by atoms with E-state index in [1.807, 2.05) is 37.3 Å². The maximum atomic E-state index is 13.3. The van der Waals surface area contributed by atoms with Crippen LogP contribution in [0.5, 0.6) is 11.5 Å². The van der Waals surface area contributed by atoms with Crippen molar-refractivity contribution in [1.29, 1.82) is 0 Å². The van der Waals surface area contributed by atoms with Crippen LogP contribution >= 0.6 is 22.6 Å². The first-order chi connectivity index (χ1) is 18.3. The molecule has 3 atom stereocenters. The molecular formula is C28H35IN2O7. The van der Waals surface area contributed by atoms with Crippen LogP contribution in [0.25, 0.3) is 0 Å². The van der Waals surface area contributed by atoms with E-state index in [2.05, 4.69) is 27.9 Å². The summed E-state index contributed by atoms with van der Waals surface area (Å²) in [4.78, 5) is 27.9. The fraction of sp³-hybridized carbons (Fsp3) is 0.429. The largest absolute Gasteiger partial charge is 0.493 e. The zero-order valence-electron chi connectivity index (χ0n) is 21.6. The number of hydrogen-bond acceptors (Lipinski definition) is 7. The van der Waals surface area contributed by atoms with Crippen LogP contribution in [0.4, 0.5) is 0 Å². The molecule has 10 heteroatoms. The van der Waals surface area contributed by atoms with Gasteiger partial charge in [0.1, 0.15) is 12.2 Å². The van der Waals surface area contributed by atoms with Crippen molar-refractivity contribution in [1.82, 2.24) is 10.2 Å². The van der Waals surface area contributed by atoms with Crippen LogP contribution in [0.1, 0.15) is 37.3 Å². The Balaban J connectivity index is 2.02. The van der Waals surface area contributed by atoms with Gasteiger partial charge in [0.2, 0.25) is 11.8 Å². The summed E-state index contributed by atoms with van der Waals surface area (Å²) in [6, 6.07) is 12.2. The van der Waals surface area contributed by atoms with E-state index in [4.69, 9.17) is 9.47 Å². The van der Waals surface area contributed by atoms with Crippen molar-refractivity contribution in [2.45, 2.75) is 57.6 Å². The van der Waals surface area contributed by atoms with E-state index in [0.717, 1.165) is 5.56 Å². The Kier molecular flexibility index (Phi) is 11.4. The number of carbonyl (C=O) groups is 2. The van der Waals surface area contributed by atoms with Gasteiger partial charge >= 0.3 is 0 Å². The topological polar surface area (TPSA) is 129 Å². The molecule has 1 aliphatic rings. The molecule has 38 heavy (non-hydrogen) atoms. The summed E-state index contributed by atoms with van der Waals surface area (Å²) in [7, 11) is 1.48. The second-order valence-electron chi connectivity index (χ2n) is 9.04. The third-order valence-electron chi connectivity index (χ3n) is 6.32. The van der Waals surface area contributed by atoms with Crippen molar-refractivity contribution < 1.29 is 34.4 Å². The highest BCUT2D eigenvalue weighted by molar-refractivity contribution is 14.1. The number of nitrogens with zero attached hydrogens (tertiary/aromatic N) is 1. The van der Waals surface area contributed by atoms with Crippen molar-refractivity contribution in [2.75, 3.05) is 20.3 Å². The number of rotatable bonds is 12. The third-order valence-corrected chi connectivity index (χ3v) is 7.12. The zero-order valence-corrected chi connectivity index (χ0v) is 23.8. The van der Waals surface area contributed by atoms with E-state index in [0.29, 0.717) is 39.0 Å². The van der Waals surface area contributed by atoms with Crippen LogP contribution in [-0.4, -0.2) is 70.5 Å². The summed E-state index contributed by atoms with van der Waals surface area (Å²) in [5.74, 6) is 0.203. The third kappa shape index (κ3) is 7.46. The molecule has 0 radical (unpaired) electrons. The van der Waals surface area contributed by atoms with Crippen molar-refractivity contribution >= 4 is 34.4 Å². The van der Waals surface area contributed by atoms with Gasteiger partial charge in [0.25, 0.3) is 0 Å². The normalized spacial score (nSPS) is 18.9. The Labute approximate surface area is 236 Å². The van der Waals surface area contributed by atoms with Crippen molar-refractivity contribution in [3.05, 3.63) is 68.8 Å². The van der Waals surface area contributed by atoms with E-state index in [1.165, 1.54) is 7.11 Å². The minimum atomic E-state index is -1.15. The highest BCUT2D eigenvalue weighted by atomic mass is 127. The van der Waals surface area contributed by atoms with Crippen LogP contribution < -0.4 is 14.8 Å². The first-order valence-electron chi connectivity index (χ1n) is 12.6. The molecule has 206 valence electrons. The maximum Gasteiger partial charge on any atom is 0.247 e. The van der Waals surface area contributed by atoms with Crippen molar-refractivity contribution in [3.8, 4) is 11.5 Å². The van der Waals surface area contributed by atoms with Gasteiger partial charge in [0, 0.05) is 31.5 Å². The van der Waals surface area contributed by atoms with Crippen molar-refractivity contribution in [3.63, 3.8) is 0 Å². The summed E-state index contributed by atoms with van der Waals surface area (Å²) >= 11 is 2.06. The molecule has 0 saturated carbocycles. The van der Waals surface area contributed by atoms with E-state index in [1.54, 1.807) is 23.1 Å². The van der Waals surface area contributed by atoms with Crippen LogP contribution in [-0.2, 0) is 22.7 Å². The molecule has 0 heterocycles. The van der Waals surface area contributed by atoms with E-state index >= 15 is 0 Å². The molecule has 0 aliphatic heterocycles. The van der Waals surface area contributed by atoms with E-state index in [9.17, 15) is 24.9 Å². The Morgan fingerprint density at radius 3 is 2.53 bits per heavy atom. The number of aliphatic hydroxyl groups is 3. The lowest BCUT2D eigenvalue weighted by Crippen LogP contribution is -2.54. The number of amides is 2. The fourth-order valence-corrected chi connectivity index (χ4v) is 5.22. The second kappa shape index (κ2) is 14.5. The van der Waals surface area contributed by atoms with Gasteiger partial charge in [-0.3, -0.25) is 9.59 Å². The van der Waals surface area contributed by atoms with Crippen LogP contribution in [0.2, 0.25) is 0 Å². The summed E-state index contributed by atoms with van der Waals surface area (Å²) in [6.45, 7) is 1.87. The monoisotopic (exact) mass is 638 g/mol. The predicted molar refractivity (Wildman–Crippen MR) is 151 cm³/mol. The molecular weight excluding hydrogens is 603 g/mol. The summed E-state index contributed by atoms with van der Waals surface area (Å²) in [5, 5.41) is 33.0. The van der Waals surface area contributed by atoms with Gasteiger partial charge in [-0.25, -0.2) is 0 Å². The molecule has 0 unspecified atom stereocenters. The van der Waals surface area contributed by atoms with Gasteiger partial charge < -0.3 is 35.0 Å². The lowest BCUT2D eigenvalue weighted by Gasteiger charge is -2.40. The van der Waals surface area contributed by atoms with E-state index < -0.39 is 24.2 Å². The van der Waals surface area contributed by atoms with Crippen LogP contribution in [0.3, 0.4) is 0 Å². The molecule has 0 aromatic heterocycles. The average Bonchev–Trinajstić information content (AvgIpc) is 2.93. The van der Waals surface area contributed by atoms with Gasteiger partial charge in [0.15, 0.2) is 11.5 Å². The number of carbonyl (C=O) groups excluding carboxylic acids is 2. The average molecular weight is 638 g/mol. The number of methoxy groups -OCH3 is 1. The number of aliphatic hydroxyl groups excluding tert-OH is 3. The van der Waals surface area contributed by atoms with E-state index in [-0.39, 0.29) is 38.6 Å². The first-order valence-corrected chi connectivity index (χ1v) is 13.7. The maximum absolute atomic E-state index is 13.3. The molecule has 0 bridgehead atoms. The van der Waals surface area contributed by atoms with Crippen LogP contribution in [0, 0.1) is 3.57 Å². The Bertz CT molecular complexity index is 1130. The number of ether oxygens (including phenoxy) is 2. The van der Waals surface area contributed by atoms with Gasteiger partial charge in [-0.05, 0) is 58.3 Å². The van der Waals surface area contributed by atoms with Gasteiger partial charge in [0.05, 0.1) is 29.9 Å². The molecule has 4 N–H and O–H groups in total. The molecule has 2 aromatic rings. The molecule has 0 saturated heterocycles. The summed E-state index contributed by atoms with van der Waals surface area (Å²) < 4.78 is 12.4. The zero-order chi connectivity index (χ0) is 27.7. The first kappa shape index (κ1) is 29.9. The highest BCUT2D eigenvalue weighted by Gasteiger charge is 2.40. The minimum Gasteiger partial charge on any atom is -0.493 e.